The van der Waals surface area contributed by atoms with Crippen molar-refractivity contribution in [3.05, 3.63) is 58.4 Å². The quantitative estimate of drug-likeness (QED) is 0.826. The van der Waals surface area contributed by atoms with Crippen LogP contribution >= 0.6 is 0 Å². The number of rotatable bonds is 5. The molecule has 1 fully saturated rings. The van der Waals surface area contributed by atoms with E-state index in [0.29, 0.717) is 11.7 Å². The highest BCUT2D eigenvalue weighted by atomic mass is 16.1. The molecule has 1 aromatic heterocycles. The molecule has 5 heteroatoms. The Morgan fingerprint density at radius 3 is 2.48 bits per heavy atom. The Morgan fingerprint density at radius 1 is 1.17 bits per heavy atom. The molecule has 1 amide bonds. The number of amides is 1. The molecule has 0 bridgehead atoms. The third kappa shape index (κ3) is 4.59. The number of benzene rings is 1. The summed E-state index contributed by atoms with van der Waals surface area (Å²) in [6.07, 6.45) is 6.68. The Balaban J connectivity index is 1.58. The van der Waals surface area contributed by atoms with Crippen molar-refractivity contribution in [3.8, 4) is 6.07 Å². The zero-order chi connectivity index (χ0) is 21.0. The van der Waals surface area contributed by atoms with Gasteiger partial charge in [-0.15, -0.1) is 0 Å². The van der Waals surface area contributed by atoms with E-state index in [2.05, 4.69) is 48.2 Å². The van der Waals surface area contributed by atoms with E-state index >= 15 is 0 Å². The summed E-state index contributed by atoms with van der Waals surface area (Å²) in [5.74, 6) is -0.0805. The highest BCUT2D eigenvalue weighted by molar-refractivity contribution is 5.92. The number of anilines is 1. The summed E-state index contributed by atoms with van der Waals surface area (Å²) in [6.45, 7) is 6.18. The first kappa shape index (κ1) is 20.9. The molecular formula is C24H30N4O. The van der Waals surface area contributed by atoms with Gasteiger partial charge in [0.15, 0.2) is 0 Å². The number of hydrogen-bond donors (Lipinski definition) is 1. The van der Waals surface area contributed by atoms with E-state index in [1.165, 1.54) is 11.3 Å². The number of nitriles is 1. The molecular weight excluding hydrogens is 360 g/mol. The maximum Gasteiger partial charge on any atom is 0.270 e. The van der Waals surface area contributed by atoms with Gasteiger partial charge in [-0.05, 0) is 80.8 Å². The molecule has 29 heavy (non-hydrogen) atoms. The third-order valence-electron chi connectivity index (χ3n) is 6.30. The zero-order valence-electron chi connectivity index (χ0n) is 17.8. The van der Waals surface area contributed by atoms with Crippen LogP contribution in [0.25, 0.3) is 0 Å². The van der Waals surface area contributed by atoms with Crippen LogP contribution in [0.5, 0.6) is 0 Å². The highest BCUT2D eigenvalue weighted by Crippen LogP contribution is 2.31. The van der Waals surface area contributed by atoms with Gasteiger partial charge < -0.3 is 10.2 Å². The summed E-state index contributed by atoms with van der Waals surface area (Å²) in [7, 11) is 2.14. The summed E-state index contributed by atoms with van der Waals surface area (Å²) in [5.41, 5.74) is 5.78. The molecule has 152 valence electrons. The number of pyridine rings is 1. The first-order chi connectivity index (χ1) is 13.9. The molecule has 1 saturated carbocycles. The molecule has 0 saturated heterocycles. The molecule has 1 N–H and O–H groups in total. The van der Waals surface area contributed by atoms with E-state index in [1.54, 1.807) is 6.20 Å². The minimum Gasteiger partial charge on any atom is -0.371 e. The molecule has 1 aliphatic rings. The van der Waals surface area contributed by atoms with Crippen LogP contribution in [0.15, 0.2) is 30.5 Å². The molecule has 2 aromatic rings. The summed E-state index contributed by atoms with van der Waals surface area (Å²) in [5, 5.41) is 12.4. The number of carbonyl (C=O) groups is 1. The van der Waals surface area contributed by atoms with Crippen LogP contribution in [-0.2, 0) is 6.42 Å². The average Bonchev–Trinajstić information content (AvgIpc) is 2.75. The lowest BCUT2D eigenvalue weighted by molar-refractivity contribution is 0.0920. The SMILES string of the molecule is CCc1ccc(C(=O)NC2CCC(N(C)c3ccc(C#N)c(C)c3C)CC2)nc1. The molecule has 1 aliphatic carbocycles. The maximum atomic E-state index is 12.5. The predicted octanol–water partition coefficient (Wildman–Crippen LogP) is 4.31. The molecule has 1 aromatic carbocycles. The van der Waals surface area contributed by atoms with E-state index in [4.69, 9.17) is 0 Å². The van der Waals surface area contributed by atoms with Crippen molar-refractivity contribution in [2.24, 2.45) is 0 Å². The van der Waals surface area contributed by atoms with Crippen molar-refractivity contribution in [1.82, 2.24) is 10.3 Å². The molecule has 1 heterocycles. The monoisotopic (exact) mass is 390 g/mol. The van der Waals surface area contributed by atoms with Gasteiger partial charge in [-0.2, -0.15) is 5.26 Å². The molecule has 3 rings (SSSR count). The van der Waals surface area contributed by atoms with Gasteiger partial charge in [0.1, 0.15) is 5.69 Å². The molecule has 0 spiro atoms. The van der Waals surface area contributed by atoms with Crippen LogP contribution in [0, 0.1) is 25.2 Å². The van der Waals surface area contributed by atoms with Crippen LogP contribution in [0.1, 0.15) is 65.3 Å². The summed E-state index contributed by atoms with van der Waals surface area (Å²) >= 11 is 0. The Labute approximate surface area is 173 Å². The fourth-order valence-corrected chi connectivity index (χ4v) is 4.14. The number of aryl methyl sites for hydroxylation is 1. The van der Waals surface area contributed by atoms with Gasteiger partial charge in [0, 0.05) is 31.0 Å². The van der Waals surface area contributed by atoms with Crippen molar-refractivity contribution >= 4 is 11.6 Å². The van der Waals surface area contributed by atoms with E-state index in [1.807, 2.05) is 25.1 Å². The van der Waals surface area contributed by atoms with Gasteiger partial charge in [0.05, 0.1) is 11.6 Å². The summed E-state index contributed by atoms with van der Waals surface area (Å²) < 4.78 is 0. The van der Waals surface area contributed by atoms with Crippen molar-refractivity contribution in [2.75, 3.05) is 11.9 Å². The van der Waals surface area contributed by atoms with Crippen molar-refractivity contribution in [3.63, 3.8) is 0 Å². The van der Waals surface area contributed by atoms with Gasteiger partial charge in [0.25, 0.3) is 5.91 Å². The Bertz CT molecular complexity index is 906. The van der Waals surface area contributed by atoms with Crippen molar-refractivity contribution < 1.29 is 4.79 Å². The standard InChI is InChI=1S/C24H30N4O/c1-5-18-6-12-22(26-15-18)24(29)27-20-8-10-21(11-9-20)28(4)23-13-7-19(14-25)16(2)17(23)3/h6-7,12-13,15,20-21H,5,8-11H2,1-4H3,(H,27,29). The fraction of sp³-hybridized carbons (Fsp3) is 0.458. The number of aromatic nitrogens is 1. The first-order valence-corrected chi connectivity index (χ1v) is 10.4. The maximum absolute atomic E-state index is 12.5. The Kier molecular flexibility index (Phi) is 6.53. The number of nitrogens with zero attached hydrogens (tertiary/aromatic N) is 3. The minimum atomic E-state index is -0.0805. The van der Waals surface area contributed by atoms with Crippen molar-refractivity contribution in [1.29, 1.82) is 5.26 Å². The van der Waals surface area contributed by atoms with Gasteiger partial charge >= 0.3 is 0 Å². The lowest BCUT2D eigenvalue weighted by Gasteiger charge is -2.37. The number of carbonyl (C=O) groups excluding carboxylic acids is 1. The molecule has 0 atom stereocenters. The molecule has 0 unspecified atom stereocenters. The summed E-state index contributed by atoms with van der Waals surface area (Å²) in [6, 6.07) is 10.6. The van der Waals surface area contributed by atoms with Gasteiger partial charge in [0.2, 0.25) is 0 Å². The lowest BCUT2D eigenvalue weighted by atomic mass is 9.89. The second-order valence-corrected chi connectivity index (χ2v) is 7.99. The van der Waals surface area contributed by atoms with Crippen LogP contribution in [0.4, 0.5) is 5.69 Å². The molecule has 0 radical (unpaired) electrons. The van der Waals surface area contributed by atoms with Crippen LogP contribution in [-0.4, -0.2) is 30.0 Å². The van der Waals surface area contributed by atoms with Gasteiger partial charge in [-0.25, -0.2) is 0 Å². The Hall–Kier alpha value is -2.87. The van der Waals surface area contributed by atoms with E-state index < -0.39 is 0 Å². The second kappa shape index (κ2) is 9.09. The highest BCUT2D eigenvalue weighted by Gasteiger charge is 2.26. The largest absolute Gasteiger partial charge is 0.371 e. The van der Waals surface area contributed by atoms with Gasteiger partial charge in [-0.3, -0.25) is 9.78 Å². The predicted molar refractivity (Wildman–Crippen MR) is 116 cm³/mol. The fourth-order valence-electron chi connectivity index (χ4n) is 4.14. The van der Waals surface area contributed by atoms with Crippen LogP contribution in [0.3, 0.4) is 0 Å². The minimum absolute atomic E-state index is 0.0805. The summed E-state index contributed by atoms with van der Waals surface area (Å²) in [4.78, 5) is 19.1. The third-order valence-corrected chi connectivity index (χ3v) is 6.30. The van der Waals surface area contributed by atoms with Crippen molar-refractivity contribution in [2.45, 2.75) is 65.0 Å². The smallest absolute Gasteiger partial charge is 0.270 e. The Morgan fingerprint density at radius 2 is 1.90 bits per heavy atom. The topological polar surface area (TPSA) is 69.0 Å². The number of nitrogens with one attached hydrogen (secondary N) is 1. The van der Waals surface area contributed by atoms with E-state index in [9.17, 15) is 10.1 Å². The normalized spacial score (nSPS) is 18.7. The molecule has 0 aliphatic heterocycles. The molecule has 5 nitrogen and oxygen atoms in total. The average molecular weight is 391 g/mol. The first-order valence-electron chi connectivity index (χ1n) is 10.4. The van der Waals surface area contributed by atoms with Crippen LogP contribution < -0.4 is 10.2 Å². The van der Waals surface area contributed by atoms with E-state index in [0.717, 1.165) is 48.8 Å². The van der Waals surface area contributed by atoms with Gasteiger partial charge in [-0.1, -0.05) is 13.0 Å². The van der Waals surface area contributed by atoms with E-state index in [-0.39, 0.29) is 11.9 Å². The lowest BCUT2D eigenvalue weighted by Crippen LogP contribution is -2.43. The number of hydrogen-bond acceptors (Lipinski definition) is 4. The zero-order valence-corrected chi connectivity index (χ0v) is 17.8. The van der Waals surface area contributed by atoms with Crippen LogP contribution in [0.2, 0.25) is 0 Å². The second-order valence-electron chi connectivity index (χ2n) is 7.99.